The second-order valence-corrected chi connectivity index (χ2v) is 6.46. The van der Waals surface area contributed by atoms with Crippen LogP contribution in [-0.2, 0) is 0 Å². The van der Waals surface area contributed by atoms with Crippen molar-refractivity contribution in [2.24, 2.45) is 5.92 Å². The number of nitrogens with zero attached hydrogens (tertiary/aromatic N) is 5. The third-order valence-corrected chi connectivity index (χ3v) is 5.04. The molecule has 1 aliphatic rings. The van der Waals surface area contributed by atoms with Crippen molar-refractivity contribution in [1.29, 1.82) is 5.26 Å². The van der Waals surface area contributed by atoms with Gasteiger partial charge in [-0.25, -0.2) is 9.97 Å². The molecule has 4 N–H and O–H groups in total. The van der Waals surface area contributed by atoms with Crippen LogP contribution in [0.3, 0.4) is 0 Å². The first-order chi connectivity index (χ1) is 12.2. The summed E-state index contributed by atoms with van der Waals surface area (Å²) in [6, 6.07) is 3.92. The molecular weight excluding hydrogens is 318 g/mol. The molecule has 3 aromatic heterocycles. The van der Waals surface area contributed by atoms with Crippen LogP contribution in [0.1, 0.15) is 31.7 Å². The maximum Gasteiger partial charge on any atom is 0.154 e. The Hall–Kier alpha value is -2.92. The van der Waals surface area contributed by atoms with E-state index in [0.29, 0.717) is 17.1 Å². The van der Waals surface area contributed by atoms with E-state index in [9.17, 15) is 10.4 Å². The van der Waals surface area contributed by atoms with Crippen molar-refractivity contribution in [2.75, 3.05) is 5.73 Å². The second kappa shape index (κ2) is 6.18. The number of H-pyrrole nitrogens is 1. The number of nitrogens with one attached hydrogen (secondary N) is 1. The van der Waals surface area contributed by atoms with E-state index >= 15 is 0 Å². The molecule has 3 unspecified atom stereocenters. The smallest absolute Gasteiger partial charge is 0.154 e. The van der Waals surface area contributed by atoms with Gasteiger partial charge in [0.2, 0.25) is 0 Å². The Morgan fingerprint density at radius 3 is 3.08 bits per heavy atom. The van der Waals surface area contributed by atoms with Crippen LogP contribution in [0, 0.1) is 17.2 Å². The Bertz CT molecular complexity index is 938. The lowest BCUT2D eigenvalue weighted by molar-refractivity contribution is 0.0978. The average molecular weight is 337 g/mol. The summed E-state index contributed by atoms with van der Waals surface area (Å²) in [5.41, 5.74) is 8.30. The Labute approximate surface area is 144 Å². The molecule has 0 spiro atoms. The molecule has 0 bridgehead atoms. The van der Waals surface area contributed by atoms with Crippen molar-refractivity contribution in [3.8, 4) is 17.3 Å². The largest absolute Gasteiger partial charge is 0.393 e. The van der Waals surface area contributed by atoms with E-state index in [2.05, 4.69) is 26.1 Å². The molecule has 1 fully saturated rings. The molecule has 8 nitrogen and oxygen atoms in total. The number of fused-ring (bicyclic) bond motifs is 1. The molecule has 1 saturated carbocycles. The van der Waals surface area contributed by atoms with Crippen LogP contribution in [0.4, 0.5) is 5.82 Å². The second-order valence-electron chi connectivity index (χ2n) is 6.46. The Morgan fingerprint density at radius 2 is 2.32 bits per heavy atom. The summed E-state index contributed by atoms with van der Waals surface area (Å²) in [7, 11) is 0. The minimum atomic E-state index is -0.400. The Morgan fingerprint density at radius 1 is 1.44 bits per heavy atom. The number of hydrogen-bond donors (Lipinski definition) is 3. The predicted molar refractivity (Wildman–Crippen MR) is 92.1 cm³/mol. The highest BCUT2D eigenvalue weighted by Gasteiger charge is 2.34. The zero-order valence-corrected chi connectivity index (χ0v) is 13.6. The first-order valence-corrected chi connectivity index (χ1v) is 8.37. The zero-order chi connectivity index (χ0) is 17.4. The Balaban J connectivity index is 1.76. The van der Waals surface area contributed by atoms with Crippen LogP contribution in [0.2, 0.25) is 0 Å². The van der Waals surface area contributed by atoms with Gasteiger partial charge in [-0.2, -0.15) is 10.4 Å². The number of rotatable bonds is 4. The quantitative estimate of drug-likeness (QED) is 0.668. The normalized spacial score (nSPS) is 21.4. The first kappa shape index (κ1) is 15.6. The minimum absolute atomic E-state index is 0.0180. The molecule has 0 radical (unpaired) electrons. The lowest BCUT2D eigenvalue weighted by atomic mass is 9.94. The molecule has 3 heterocycles. The summed E-state index contributed by atoms with van der Waals surface area (Å²) in [6.45, 7) is 0. The molecule has 8 heteroatoms. The van der Waals surface area contributed by atoms with Crippen molar-refractivity contribution in [1.82, 2.24) is 24.7 Å². The molecule has 1 aliphatic carbocycles. The molecule has 25 heavy (non-hydrogen) atoms. The third kappa shape index (κ3) is 2.62. The van der Waals surface area contributed by atoms with Crippen LogP contribution in [-0.4, -0.2) is 35.9 Å². The van der Waals surface area contributed by atoms with E-state index in [1.54, 1.807) is 10.9 Å². The van der Waals surface area contributed by atoms with Gasteiger partial charge in [0.15, 0.2) is 5.82 Å². The van der Waals surface area contributed by atoms with E-state index in [1.165, 1.54) is 6.33 Å². The highest BCUT2D eigenvalue weighted by Crippen LogP contribution is 2.38. The highest BCUT2D eigenvalue weighted by molar-refractivity contribution is 5.92. The zero-order valence-electron chi connectivity index (χ0n) is 13.6. The van der Waals surface area contributed by atoms with Gasteiger partial charge in [0, 0.05) is 23.7 Å². The SMILES string of the molecule is N#CCC(C1CCCC1O)n1cc(-c2ncnc3[nH]ccc23)c(N)n1. The van der Waals surface area contributed by atoms with E-state index in [0.717, 1.165) is 30.3 Å². The van der Waals surface area contributed by atoms with Gasteiger partial charge in [-0.1, -0.05) is 6.42 Å². The van der Waals surface area contributed by atoms with Gasteiger partial charge in [0.25, 0.3) is 0 Å². The van der Waals surface area contributed by atoms with Gasteiger partial charge in [0.1, 0.15) is 12.0 Å². The van der Waals surface area contributed by atoms with Crippen molar-refractivity contribution < 1.29 is 5.11 Å². The fraction of sp³-hybridized carbons (Fsp3) is 0.412. The molecular formula is C17H19N7O. The lowest BCUT2D eigenvalue weighted by Crippen LogP contribution is -2.26. The summed E-state index contributed by atoms with van der Waals surface area (Å²) in [5.74, 6) is 0.376. The number of nitriles is 1. The van der Waals surface area contributed by atoms with Gasteiger partial charge in [-0.3, -0.25) is 4.68 Å². The average Bonchev–Trinajstić information content (AvgIpc) is 3.32. The maximum atomic E-state index is 10.2. The third-order valence-electron chi connectivity index (χ3n) is 5.04. The molecule has 0 aromatic carbocycles. The molecule has 3 atom stereocenters. The van der Waals surface area contributed by atoms with E-state index in [1.807, 2.05) is 12.3 Å². The number of nitrogen functional groups attached to an aromatic ring is 1. The fourth-order valence-electron chi connectivity index (χ4n) is 3.80. The number of aromatic amines is 1. The molecule has 3 aromatic rings. The van der Waals surface area contributed by atoms with Crippen molar-refractivity contribution in [3.05, 3.63) is 24.8 Å². The molecule has 128 valence electrons. The van der Waals surface area contributed by atoms with Gasteiger partial charge in [-0.15, -0.1) is 0 Å². The first-order valence-electron chi connectivity index (χ1n) is 8.37. The summed E-state index contributed by atoms with van der Waals surface area (Å²) in [6.07, 6.45) is 7.62. The maximum absolute atomic E-state index is 10.2. The van der Waals surface area contributed by atoms with Crippen molar-refractivity contribution in [2.45, 2.75) is 37.8 Å². The fourth-order valence-corrected chi connectivity index (χ4v) is 3.80. The van der Waals surface area contributed by atoms with Crippen molar-refractivity contribution in [3.63, 3.8) is 0 Å². The lowest BCUT2D eigenvalue weighted by Gasteiger charge is -2.24. The van der Waals surface area contributed by atoms with Crippen LogP contribution in [0.25, 0.3) is 22.3 Å². The van der Waals surface area contributed by atoms with Gasteiger partial charge < -0.3 is 15.8 Å². The van der Waals surface area contributed by atoms with Crippen LogP contribution >= 0.6 is 0 Å². The number of nitrogens with two attached hydrogens (primary N) is 1. The van der Waals surface area contributed by atoms with Gasteiger partial charge >= 0.3 is 0 Å². The molecule has 0 saturated heterocycles. The topological polar surface area (TPSA) is 129 Å². The monoisotopic (exact) mass is 337 g/mol. The molecule has 4 rings (SSSR count). The van der Waals surface area contributed by atoms with Gasteiger partial charge in [-0.05, 0) is 18.9 Å². The number of aromatic nitrogens is 5. The van der Waals surface area contributed by atoms with E-state index < -0.39 is 6.10 Å². The number of hydrogen-bond acceptors (Lipinski definition) is 6. The highest BCUT2D eigenvalue weighted by atomic mass is 16.3. The van der Waals surface area contributed by atoms with E-state index in [4.69, 9.17) is 5.73 Å². The number of aliphatic hydroxyl groups excluding tert-OH is 1. The minimum Gasteiger partial charge on any atom is -0.393 e. The summed E-state index contributed by atoms with van der Waals surface area (Å²) >= 11 is 0. The van der Waals surface area contributed by atoms with Crippen LogP contribution < -0.4 is 5.73 Å². The molecule has 0 amide bonds. The Kier molecular flexibility index (Phi) is 3.86. The van der Waals surface area contributed by atoms with Crippen LogP contribution in [0.5, 0.6) is 0 Å². The number of aliphatic hydroxyl groups is 1. The summed E-state index contributed by atoms with van der Waals surface area (Å²) in [5, 5.41) is 24.8. The summed E-state index contributed by atoms with van der Waals surface area (Å²) in [4.78, 5) is 11.6. The molecule has 0 aliphatic heterocycles. The van der Waals surface area contributed by atoms with E-state index in [-0.39, 0.29) is 18.4 Å². The van der Waals surface area contributed by atoms with Crippen LogP contribution in [0.15, 0.2) is 24.8 Å². The van der Waals surface area contributed by atoms with Crippen molar-refractivity contribution >= 4 is 16.9 Å². The summed E-state index contributed by atoms with van der Waals surface area (Å²) < 4.78 is 1.73. The number of anilines is 1. The predicted octanol–water partition coefficient (Wildman–Crippen LogP) is 2.02. The standard InChI is InChI=1S/C17H19N7O/c18-6-4-13(10-2-1-3-14(10)25)24-8-12(16(19)23-24)15-11-5-7-20-17(11)22-9-21-15/h5,7-10,13-14,25H,1-4H2,(H2,19,23)(H,20,21,22). The van der Waals surface area contributed by atoms with Gasteiger partial charge in [0.05, 0.1) is 35.9 Å².